The molecule has 2 aromatic rings. The second kappa shape index (κ2) is 18.5. The number of carbonyl (C=O) groups excluding carboxylic acids is 5. The van der Waals surface area contributed by atoms with Gasteiger partial charge in [-0.25, -0.2) is 9.59 Å². The van der Waals surface area contributed by atoms with Crippen molar-refractivity contribution >= 4 is 41.5 Å². The summed E-state index contributed by atoms with van der Waals surface area (Å²) in [4.78, 5) is 68.2. The van der Waals surface area contributed by atoms with Crippen LogP contribution >= 0.6 is 11.8 Å². The molecule has 3 rings (SSSR count). The minimum absolute atomic E-state index is 0.203. The summed E-state index contributed by atoms with van der Waals surface area (Å²) in [5.74, 6) is -2.51. The summed E-state index contributed by atoms with van der Waals surface area (Å²) in [7, 11) is 1.53. The second-order valence-corrected chi connectivity index (χ2v) is 14.0. The summed E-state index contributed by atoms with van der Waals surface area (Å²) in [5.41, 5.74) is 0.163. The van der Waals surface area contributed by atoms with Crippen LogP contribution in [0.3, 0.4) is 0 Å². The van der Waals surface area contributed by atoms with Gasteiger partial charge >= 0.3 is 12.1 Å². The lowest BCUT2D eigenvalue weighted by Gasteiger charge is -2.33. The van der Waals surface area contributed by atoms with Crippen molar-refractivity contribution in [3.8, 4) is 0 Å². The van der Waals surface area contributed by atoms with E-state index in [9.17, 15) is 24.0 Å². The van der Waals surface area contributed by atoms with Crippen LogP contribution in [0, 0.1) is 11.8 Å². The molecule has 0 aliphatic carbocycles. The first-order chi connectivity index (χ1) is 22.8. The molecule has 4 amide bonds. The summed E-state index contributed by atoms with van der Waals surface area (Å²) in [5, 5.41) is 8.32. The number of rotatable bonds is 15. The van der Waals surface area contributed by atoms with Gasteiger partial charge in [0.15, 0.2) is 6.61 Å². The molecule has 5 atom stereocenters. The van der Waals surface area contributed by atoms with Crippen molar-refractivity contribution in [1.29, 1.82) is 0 Å². The van der Waals surface area contributed by atoms with Crippen molar-refractivity contribution in [2.75, 3.05) is 26.0 Å². The van der Waals surface area contributed by atoms with Crippen molar-refractivity contribution in [1.82, 2.24) is 20.9 Å². The van der Waals surface area contributed by atoms with Gasteiger partial charge in [0.2, 0.25) is 11.8 Å². The molecule has 1 aliphatic rings. The molecule has 11 nitrogen and oxygen atoms in total. The zero-order valence-electron chi connectivity index (χ0n) is 28.8. The van der Waals surface area contributed by atoms with Crippen molar-refractivity contribution in [2.45, 2.75) is 88.9 Å². The van der Waals surface area contributed by atoms with Crippen molar-refractivity contribution in [3.05, 3.63) is 66.2 Å². The molecular weight excluding hydrogens is 632 g/mol. The maximum absolute atomic E-state index is 14.5. The van der Waals surface area contributed by atoms with E-state index in [4.69, 9.17) is 9.47 Å². The van der Waals surface area contributed by atoms with E-state index in [1.165, 1.54) is 23.7 Å². The lowest BCUT2D eigenvalue weighted by molar-refractivity contribution is -0.157. The largest absolute Gasteiger partial charge is 0.454 e. The van der Waals surface area contributed by atoms with Gasteiger partial charge in [-0.15, -0.1) is 11.8 Å². The number of hydrogen-bond acceptors (Lipinski definition) is 8. The molecule has 1 heterocycles. The zero-order valence-corrected chi connectivity index (χ0v) is 29.6. The summed E-state index contributed by atoms with van der Waals surface area (Å²) < 4.78 is 11.0. The fraction of sp³-hybridized carbons (Fsp3) is 0.528. The Morgan fingerprint density at radius 3 is 2.21 bits per heavy atom. The molecular formula is C36H50N4O7S. The molecule has 12 heteroatoms. The number of ether oxygens (including phenoxy) is 2. The number of benzene rings is 2. The van der Waals surface area contributed by atoms with Gasteiger partial charge in [-0.05, 0) is 64.2 Å². The number of likely N-dealkylation sites (tertiary alicyclic amines) is 1. The fourth-order valence-corrected chi connectivity index (χ4v) is 6.69. The van der Waals surface area contributed by atoms with E-state index in [-0.39, 0.29) is 11.8 Å². The van der Waals surface area contributed by atoms with E-state index in [1.807, 2.05) is 67.6 Å². The Hall–Kier alpha value is -4.06. The molecule has 262 valence electrons. The van der Waals surface area contributed by atoms with Crippen molar-refractivity contribution in [3.63, 3.8) is 0 Å². The predicted octanol–water partition coefficient (Wildman–Crippen LogP) is 4.34. The molecule has 1 fully saturated rings. The van der Waals surface area contributed by atoms with Gasteiger partial charge in [-0.3, -0.25) is 14.4 Å². The Kier molecular flexibility index (Phi) is 14.8. The van der Waals surface area contributed by atoms with Gasteiger partial charge in [-0.1, -0.05) is 62.4 Å². The lowest BCUT2D eigenvalue weighted by Crippen LogP contribution is -2.53. The van der Waals surface area contributed by atoms with Crippen LogP contribution in [0.4, 0.5) is 4.79 Å². The number of thioether (sulfide) groups is 1. The number of hydrogen-bond donors (Lipinski definition) is 3. The topological polar surface area (TPSA) is 143 Å². The Bertz CT molecular complexity index is 1370. The van der Waals surface area contributed by atoms with E-state index in [0.29, 0.717) is 38.0 Å². The first kappa shape index (κ1) is 38.4. The van der Waals surface area contributed by atoms with Crippen LogP contribution in [0.25, 0.3) is 0 Å². The number of esters is 1. The van der Waals surface area contributed by atoms with E-state index < -0.39 is 60.1 Å². The maximum Gasteiger partial charge on any atom is 0.407 e. The fourth-order valence-electron chi connectivity index (χ4n) is 5.65. The highest BCUT2D eigenvalue weighted by Crippen LogP contribution is 2.28. The quantitative estimate of drug-likeness (QED) is 0.186. The second-order valence-electron chi connectivity index (χ2n) is 13.0. The molecule has 1 aliphatic heterocycles. The third-order valence-electron chi connectivity index (χ3n) is 8.18. The number of carbonyl (C=O) groups is 5. The molecule has 1 saturated heterocycles. The van der Waals surface area contributed by atoms with Crippen LogP contribution in [-0.4, -0.2) is 84.4 Å². The van der Waals surface area contributed by atoms with Crippen LogP contribution in [0.15, 0.2) is 65.6 Å². The van der Waals surface area contributed by atoms with Gasteiger partial charge in [0.1, 0.15) is 11.6 Å². The first-order valence-corrected chi connectivity index (χ1v) is 17.5. The van der Waals surface area contributed by atoms with Crippen molar-refractivity contribution in [2.24, 2.45) is 11.8 Å². The molecule has 1 unspecified atom stereocenters. The van der Waals surface area contributed by atoms with Gasteiger partial charge in [0.25, 0.3) is 5.91 Å². The van der Waals surface area contributed by atoms with Crippen molar-refractivity contribution < 1.29 is 33.4 Å². The first-order valence-electron chi connectivity index (χ1n) is 16.5. The summed E-state index contributed by atoms with van der Waals surface area (Å²) in [6.45, 7) is 8.71. The van der Waals surface area contributed by atoms with Crippen LogP contribution in [0.5, 0.6) is 0 Å². The summed E-state index contributed by atoms with van der Waals surface area (Å²) in [6, 6.07) is 17.3. The van der Waals surface area contributed by atoms with Gasteiger partial charge in [-0.2, -0.15) is 0 Å². The summed E-state index contributed by atoms with van der Waals surface area (Å²) in [6.07, 6.45) is 1.17. The van der Waals surface area contributed by atoms with Crippen LogP contribution in [-0.2, 0) is 35.1 Å². The van der Waals surface area contributed by atoms with Crippen LogP contribution in [0.2, 0.25) is 0 Å². The molecule has 0 saturated carbocycles. The monoisotopic (exact) mass is 682 g/mol. The highest BCUT2D eigenvalue weighted by atomic mass is 32.2. The van der Waals surface area contributed by atoms with E-state index >= 15 is 0 Å². The number of nitrogens with zero attached hydrogens (tertiary/aromatic N) is 1. The lowest BCUT2D eigenvalue weighted by atomic mass is 9.91. The number of amides is 4. The highest BCUT2D eigenvalue weighted by molar-refractivity contribution is 7.99. The molecule has 0 aromatic heterocycles. The Balaban J connectivity index is 1.81. The zero-order chi connectivity index (χ0) is 35.3. The summed E-state index contributed by atoms with van der Waals surface area (Å²) >= 11 is 1.52. The third kappa shape index (κ3) is 11.9. The average Bonchev–Trinajstić information content (AvgIpc) is 3.56. The smallest absolute Gasteiger partial charge is 0.407 e. The third-order valence-corrected chi connectivity index (χ3v) is 9.31. The molecule has 0 bridgehead atoms. The minimum atomic E-state index is -0.876. The average molecular weight is 683 g/mol. The standard InChI is InChI=1S/C36H50N4O7S/c1-7-28(24(2)32(42)37-6)38-31(41)22-46-34(44)30-19-14-20-40(30)33(43)27(21-25-15-10-8-11-16-25)29(39-35(45)47-36(3,4)5)23-48-26-17-12-9-13-18-26/h8-13,15-18,24,27-30H,7,14,19-23H2,1-6H3,(H,37,42)(H,38,41)(H,39,45)/t24-,27-,28?,29+,30-/m0/s1. The Morgan fingerprint density at radius 1 is 0.958 bits per heavy atom. The molecule has 48 heavy (non-hydrogen) atoms. The SMILES string of the molecule is CCC(NC(=O)COC(=O)[C@@H]1CCCN1C(=O)[C@@H](Cc1ccccc1)[C@@H](CSc1ccccc1)NC(=O)OC(C)(C)C)[C@H](C)C(=O)NC. The predicted molar refractivity (Wildman–Crippen MR) is 185 cm³/mol. The van der Waals surface area contributed by atoms with Crippen LogP contribution in [0.1, 0.15) is 59.4 Å². The minimum Gasteiger partial charge on any atom is -0.454 e. The highest BCUT2D eigenvalue weighted by Gasteiger charge is 2.41. The maximum atomic E-state index is 14.5. The normalized spacial score (nSPS) is 17.0. The Morgan fingerprint density at radius 2 is 1.60 bits per heavy atom. The van der Waals surface area contributed by atoms with E-state index in [1.54, 1.807) is 27.7 Å². The van der Waals surface area contributed by atoms with E-state index in [0.717, 1.165) is 10.5 Å². The van der Waals surface area contributed by atoms with Gasteiger partial charge in [0, 0.05) is 30.3 Å². The Labute approximate surface area is 288 Å². The number of nitrogens with one attached hydrogen (secondary N) is 3. The van der Waals surface area contributed by atoms with Gasteiger partial charge < -0.3 is 30.3 Å². The van der Waals surface area contributed by atoms with Gasteiger partial charge in [0.05, 0.1) is 17.9 Å². The van der Waals surface area contributed by atoms with E-state index in [2.05, 4.69) is 16.0 Å². The molecule has 2 aromatic carbocycles. The molecule has 0 radical (unpaired) electrons. The molecule has 0 spiro atoms. The molecule has 3 N–H and O–H groups in total. The number of alkyl carbamates (subject to hydrolysis) is 1. The van der Waals surface area contributed by atoms with Crippen LogP contribution < -0.4 is 16.0 Å².